The van der Waals surface area contributed by atoms with E-state index in [1.807, 2.05) is 63.2 Å². The van der Waals surface area contributed by atoms with Crippen molar-refractivity contribution >= 4 is 21.5 Å². The zero-order chi connectivity index (χ0) is 25.2. The smallest absolute Gasteiger partial charge is 0.233 e. The summed E-state index contributed by atoms with van der Waals surface area (Å²) in [6.07, 6.45) is 7.38. The van der Waals surface area contributed by atoms with Crippen molar-refractivity contribution in [3.63, 3.8) is 0 Å². The molecule has 0 saturated heterocycles. The molecule has 0 radical (unpaired) electrons. The second-order valence-corrected chi connectivity index (χ2v) is 9.27. The number of benzene rings is 1. The molecule has 6 heteroatoms. The van der Waals surface area contributed by atoms with Crippen molar-refractivity contribution in [2.45, 2.75) is 39.4 Å². The van der Waals surface area contributed by atoms with E-state index in [0.29, 0.717) is 29.2 Å². The maximum absolute atomic E-state index is 10.1. The molecule has 0 aliphatic rings. The zero-order valence-electron chi connectivity index (χ0n) is 20.2. The zero-order valence-corrected chi connectivity index (χ0v) is 21.8. The number of nitrogens with zero attached hydrogens (tertiary/aromatic N) is 2. The van der Waals surface area contributed by atoms with E-state index in [4.69, 9.17) is 18.9 Å². The molecule has 180 valence electrons. The average molecular weight is 533 g/mol. The minimum atomic E-state index is -0.487. The monoisotopic (exact) mass is 532 g/mol. The summed E-state index contributed by atoms with van der Waals surface area (Å²) in [7, 11) is 0. The molecule has 0 fully saturated rings. The summed E-state index contributed by atoms with van der Waals surface area (Å²) >= 11 is 3.46. The highest BCUT2D eigenvalue weighted by Gasteiger charge is 2.26. The van der Waals surface area contributed by atoms with E-state index in [9.17, 15) is 5.26 Å². The van der Waals surface area contributed by atoms with Gasteiger partial charge in [-0.25, -0.2) is 4.98 Å². The topological polar surface area (TPSA) is 68.3 Å². The molecule has 2 atom stereocenters. The molecule has 0 amide bonds. The predicted molar refractivity (Wildman–Crippen MR) is 143 cm³/mol. The van der Waals surface area contributed by atoms with Gasteiger partial charge in [0.05, 0.1) is 24.7 Å². The van der Waals surface area contributed by atoms with E-state index in [0.717, 1.165) is 22.0 Å². The van der Waals surface area contributed by atoms with Gasteiger partial charge in [0.2, 0.25) is 5.88 Å². The highest BCUT2D eigenvalue weighted by Crippen LogP contribution is 2.35. The summed E-state index contributed by atoms with van der Waals surface area (Å²) in [6.45, 7) is 10.0. The van der Waals surface area contributed by atoms with Gasteiger partial charge in [-0.2, -0.15) is 5.26 Å². The van der Waals surface area contributed by atoms with E-state index in [2.05, 4.69) is 40.7 Å². The highest BCUT2D eigenvalue weighted by molar-refractivity contribution is 9.11. The second-order valence-electron chi connectivity index (χ2n) is 8.01. The molecule has 0 aliphatic carbocycles. The number of hydrogen-bond donors (Lipinski definition) is 0. The Bertz CT molecular complexity index is 1220. The summed E-state index contributed by atoms with van der Waals surface area (Å²) in [5.74, 6) is 0.811. The molecule has 1 aromatic carbocycles. The van der Waals surface area contributed by atoms with Crippen LogP contribution in [-0.2, 0) is 4.74 Å². The van der Waals surface area contributed by atoms with Crippen molar-refractivity contribution in [2.75, 3.05) is 6.61 Å². The first kappa shape index (κ1) is 26.2. The van der Waals surface area contributed by atoms with Crippen molar-refractivity contribution in [3.8, 4) is 23.3 Å². The molecular formula is C29H29BrN2O3. The SMILES string of the molecule is C=CCOC(C)C(Oc1nc(/C(C)=C/C/C=C(\C)Br)cc(-c2ccco2)c1C#N)c1ccccc1. The lowest BCUT2D eigenvalue weighted by Gasteiger charge is -2.26. The van der Waals surface area contributed by atoms with Crippen molar-refractivity contribution in [3.05, 3.63) is 101 Å². The van der Waals surface area contributed by atoms with Gasteiger partial charge < -0.3 is 13.9 Å². The van der Waals surface area contributed by atoms with E-state index in [-0.39, 0.29) is 12.0 Å². The predicted octanol–water partition coefficient (Wildman–Crippen LogP) is 8.02. The van der Waals surface area contributed by atoms with Crippen LogP contribution in [0, 0.1) is 11.3 Å². The molecule has 35 heavy (non-hydrogen) atoms. The number of hydrogen-bond acceptors (Lipinski definition) is 5. The van der Waals surface area contributed by atoms with Crippen molar-refractivity contribution < 1.29 is 13.9 Å². The van der Waals surface area contributed by atoms with E-state index >= 15 is 0 Å². The fourth-order valence-corrected chi connectivity index (χ4v) is 3.74. The molecule has 0 spiro atoms. The summed E-state index contributed by atoms with van der Waals surface area (Å²) in [6, 6.07) is 17.5. The van der Waals surface area contributed by atoms with Gasteiger partial charge in [-0.15, -0.1) is 6.58 Å². The van der Waals surface area contributed by atoms with Gasteiger partial charge >= 0.3 is 0 Å². The third-order valence-corrected chi connectivity index (χ3v) is 5.71. The fourth-order valence-electron chi connectivity index (χ4n) is 3.55. The standard InChI is InChI=1S/C29H29BrN2O3/c1-5-16-33-22(4)28(23-13-7-6-8-14-23)35-29-25(19-31)24(27-15-10-17-34-27)18-26(32-29)20(2)11-9-12-21(3)30/h5-8,10-15,17-18,22,28H,1,9,16H2,2-4H3/b20-11+,21-12+. The molecule has 2 aromatic heterocycles. The Labute approximate surface area is 215 Å². The van der Waals surface area contributed by atoms with Crippen LogP contribution in [0.25, 0.3) is 16.9 Å². The minimum Gasteiger partial charge on any atom is -0.466 e. The number of aromatic nitrogens is 1. The van der Waals surface area contributed by atoms with Crippen LogP contribution in [0.15, 0.2) is 88.5 Å². The molecule has 5 nitrogen and oxygen atoms in total. The Morgan fingerprint density at radius 3 is 2.60 bits per heavy atom. The molecular weight excluding hydrogens is 504 g/mol. The Balaban J connectivity index is 2.12. The Hall–Kier alpha value is -3.40. The van der Waals surface area contributed by atoms with Crippen LogP contribution < -0.4 is 4.74 Å². The maximum Gasteiger partial charge on any atom is 0.233 e. The van der Waals surface area contributed by atoms with Gasteiger partial charge in [0.15, 0.2) is 6.10 Å². The molecule has 0 N–H and O–H groups in total. The average Bonchev–Trinajstić information content (AvgIpc) is 3.40. The molecule has 0 saturated carbocycles. The van der Waals surface area contributed by atoms with Gasteiger partial charge in [-0.3, -0.25) is 0 Å². The highest BCUT2D eigenvalue weighted by atomic mass is 79.9. The third-order valence-electron chi connectivity index (χ3n) is 5.38. The Morgan fingerprint density at radius 1 is 1.20 bits per heavy atom. The van der Waals surface area contributed by atoms with Crippen LogP contribution in [0.1, 0.15) is 50.1 Å². The number of pyridine rings is 1. The van der Waals surface area contributed by atoms with Crippen LogP contribution in [0.5, 0.6) is 5.88 Å². The molecule has 0 aliphatic heterocycles. The largest absolute Gasteiger partial charge is 0.466 e. The van der Waals surface area contributed by atoms with Gasteiger partial charge in [0.25, 0.3) is 0 Å². The van der Waals surface area contributed by atoms with Crippen LogP contribution in [0.3, 0.4) is 0 Å². The first-order valence-corrected chi connectivity index (χ1v) is 12.2. The van der Waals surface area contributed by atoms with Crippen LogP contribution in [0.4, 0.5) is 0 Å². The number of allylic oxidation sites excluding steroid dienone is 4. The van der Waals surface area contributed by atoms with E-state index in [1.54, 1.807) is 18.4 Å². The molecule has 3 aromatic rings. The van der Waals surface area contributed by atoms with E-state index < -0.39 is 6.10 Å². The summed E-state index contributed by atoms with van der Waals surface area (Å²) in [4.78, 5) is 4.78. The van der Waals surface area contributed by atoms with Gasteiger partial charge in [0, 0.05) is 5.56 Å². The van der Waals surface area contributed by atoms with Gasteiger partial charge in [0.1, 0.15) is 17.4 Å². The lowest BCUT2D eigenvalue weighted by Crippen LogP contribution is -2.25. The molecule has 0 bridgehead atoms. The first-order valence-electron chi connectivity index (χ1n) is 11.4. The fraction of sp³-hybridized carbons (Fsp3) is 0.241. The second kappa shape index (κ2) is 12.9. The lowest BCUT2D eigenvalue weighted by molar-refractivity contribution is -0.00564. The lowest BCUT2D eigenvalue weighted by atomic mass is 10.0. The number of halogens is 1. The van der Waals surface area contributed by atoms with Crippen molar-refractivity contribution in [1.82, 2.24) is 4.98 Å². The maximum atomic E-state index is 10.1. The molecule has 2 unspecified atom stereocenters. The third kappa shape index (κ3) is 7.05. The number of rotatable bonds is 11. The summed E-state index contributed by atoms with van der Waals surface area (Å²) in [5, 5.41) is 10.1. The van der Waals surface area contributed by atoms with Gasteiger partial charge in [-0.05, 0) is 61.0 Å². The normalized spacial score (nSPS) is 13.7. The van der Waals surface area contributed by atoms with E-state index in [1.165, 1.54) is 0 Å². The number of nitriles is 1. The van der Waals surface area contributed by atoms with Crippen molar-refractivity contribution in [2.24, 2.45) is 0 Å². The quantitative estimate of drug-likeness (QED) is 0.234. The summed E-state index contributed by atoms with van der Waals surface area (Å²) in [5.41, 5.74) is 3.53. The number of furan rings is 1. The first-order chi connectivity index (χ1) is 16.9. The van der Waals surface area contributed by atoms with Crippen LogP contribution in [0.2, 0.25) is 0 Å². The van der Waals surface area contributed by atoms with Crippen LogP contribution in [-0.4, -0.2) is 17.7 Å². The summed E-state index contributed by atoms with van der Waals surface area (Å²) < 4.78 is 19.1. The Morgan fingerprint density at radius 2 is 1.97 bits per heavy atom. The molecule has 3 rings (SSSR count). The van der Waals surface area contributed by atoms with Crippen LogP contribution >= 0.6 is 15.9 Å². The van der Waals surface area contributed by atoms with Crippen molar-refractivity contribution in [1.29, 1.82) is 5.26 Å². The number of ether oxygens (including phenoxy) is 2. The van der Waals surface area contributed by atoms with Gasteiger partial charge in [-0.1, -0.05) is 64.5 Å². The minimum absolute atomic E-state index is 0.235. The Kier molecular flexibility index (Phi) is 9.66. The molecule has 2 heterocycles.